The van der Waals surface area contributed by atoms with E-state index < -0.39 is 0 Å². The third-order valence-electron chi connectivity index (χ3n) is 3.07. The molecule has 1 unspecified atom stereocenters. The molecule has 0 saturated carbocycles. The number of aromatic nitrogens is 2. The largest absolute Gasteiger partial charge is 0.327 e. The molecule has 1 heterocycles. The van der Waals surface area contributed by atoms with Gasteiger partial charge in [-0.15, -0.1) is 0 Å². The van der Waals surface area contributed by atoms with Gasteiger partial charge in [0, 0.05) is 18.0 Å². The number of nitrogens with zero attached hydrogens (tertiary/aromatic N) is 2. The molecular weight excluding hydrogens is 264 g/mol. The molecule has 0 radical (unpaired) electrons. The maximum Gasteiger partial charge on any atom is 0.226 e. The van der Waals surface area contributed by atoms with Crippen LogP contribution in [0.15, 0.2) is 42.7 Å². The molecule has 110 valence electrons. The molecule has 0 aliphatic carbocycles. The van der Waals surface area contributed by atoms with Crippen molar-refractivity contribution in [2.75, 3.05) is 5.32 Å². The summed E-state index contributed by atoms with van der Waals surface area (Å²) in [5, 5.41) is 2.77. The Kier molecular flexibility index (Phi) is 5.40. The number of carbonyl (C=O) groups is 1. The average Bonchev–Trinajstić information content (AvgIpc) is 2.49. The van der Waals surface area contributed by atoms with E-state index in [0.717, 1.165) is 18.4 Å². The van der Waals surface area contributed by atoms with Crippen LogP contribution in [0.5, 0.6) is 0 Å². The molecule has 5 heteroatoms. The van der Waals surface area contributed by atoms with Gasteiger partial charge >= 0.3 is 0 Å². The second-order valence-corrected chi connectivity index (χ2v) is 4.96. The maximum atomic E-state index is 11.8. The highest BCUT2D eigenvalue weighted by Crippen LogP contribution is 2.15. The Morgan fingerprint density at radius 1 is 1.24 bits per heavy atom. The number of hydrogen-bond donors (Lipinski definition) is 2. The third kappa shape index (κ3) is 4.65. The number of nitrogens with one attached hydrogen (secondary N) is 1. The van der Waals surface area contributed by atoms with Crippen molar-refractivity contribution in [1.29, 1.82) is 0 Å². The summed E-state index contributed by atoms with van der Waals surface area (Å²) in [6, 6.07) is 9.60. The molecule has 3 N–H and O–H groups in total. The van der Waals surface area contributed by atoms with Crippen molar-refractivity contribution >= 4 is 11.6 Å². The summed E-state index contributed by atoms with van der Waals surface area (Å²) < 4.78 is 0. The van der Waals surface area contributed by atoms with Crippen molar-refractivity contribution in [1.82, 2.24) is 9.97 Å². The Morgan fingerprint density at radius 2 is 1.90 bits per heavy atom. The van der Waals surface area contributed by atoms with Crippen molar-refractivity contribution in [3.8, 4) is 11.4 Å². The summed E-state index contributed by atoms with van der Waals surface area (Å²) in [6.07, 6.45) is 5.35. The van der Waals surface area contributed by atoms with Gasteiger partial charge < -0.3 is 11.1 Å². The van der Waals surface area contributed by atoms with Crippen LogP contribution >= 0.6 is 0 Å². The predicted molar refractivity (Wildman–Crippen MR) is 83.6 cm³/mol. The smallest absolute Gasteiger partial charge is 0.226 e. The highest BCUT2D eigenvalue weighted by Gasteiger charge is 2.09. The maximum absolute atomic E-state index is 11.8. The zero-order valence-electron chi connectivity index (χ0n) is 12.1. The number of nitrogens with two attached hydrogens (primary N) is 1. The first kappa shape index (κ1) is 15.1. The number of benzene rings is 1. The van der Waals surface area contributed by atoms with Gasteiger partial charge in [0.15, 0.2) is 5.82 Å². The average molecular weight is 284 g/mol. The summed E-state index contributed by atoms with van der Waals surface area (Å²) in [5.41, 5.74) is 7.38. The summed E-state index contributed by atoms with van der Waals surface area (Å²) in [4.78, 5) is 20.3. The Morgan fingerprint density at radius 3 is 2.52 bits per heavy atom. The van der Waals surface area contributed by atoms with Crippen LogP contribution in [0.1, 0.15) is 26.2 Å². The van der Waals surface area contributed by atoms with Gasteiger partial charge in [0.2, 0.25) is 5.91 Å². The molecule has 21 heavy (non-hydrogen) atoms. The highest BCUT2D eigenvalue weighted by molar-refractivity contribution is 5.90. The topological polar surface area (TPSA) is 80.9 Å². The SMILES string of the molecule is CCCC(N)CC(=O)Nc1cnc(-c2ccccc2)nc1. The predicted octanol–water partition coefficient (Wildman–Crippen LogP) is 2.60. The van der Waals surface area contributed by atoms with Gasteiger partial charge in [-0.25, -0.2) is 9.97 Å². The van der Waals surface area contributed by atoms with Crippen LogP contribution in [0.25, 0.3) is 11.4 Å². The van der Waals surface area contributed by atoms with Crippen molar-refractivity contribution in [2.24, 2.45) is 5.73 Å². The fourth-order valence-corrected chi connectivity index (χ4v) is 2.05. The molecular formula is C16H20N4O. The van der Waals surface area contributed by atoms with Crippen LogP contribution in [0.4, 0.5) is 5.69 Å². The molecule has 0 spiro atoms. The molecule has 0 aliphatic rings. The molecule has 0 bridgehead atoms. The lowest BCUT2D eigenvalue weighted by molar-refractivity contribution is -0.116. The second-order valence-electron chi connectivity index (χ2n) is 4.96. The van der Waals surface area contributed by atoms with Crippen molar-refractivity contribution in [3.05, 3.63) is 42.7 Å². The van der Waals surface area contributed by atoms with Gasteiger partial charge in [0.05, 0.1) is 18.1 Å². The normalized spacial score (nSPS) is 11.9. The van der Waals surface area contributed by atoms with Gasteiger partial charge in [0.25, 0.3) is 0 Å². The number of anilines is 1. The lowest BCUT2D eigenvalue weighted by Crippen LogP contribution is -2.26. The summed E-state index contributed by atoms with van der Waals surface area (Å²) in [5.74, 6) is 0.531. The standard InChI is InChI=1S/C16H20N4O/c1-2-6-13(17)9-15(21)20-14-10-18-16(19-11-14)12-7-4-3-5-8-12/h3-5,7-8,10-11,13H,2,6,9,17H2,1H3,(H,20,21). The first-order valence-corrected chi connectivity index (χ1v) is 7.12. The van der Waals surface area contributed by atoms with Crippen LogP contribution in [-0.4, -0.2) is 21.9 Å². The van der Waals surface area contributed by atoms with Gasteiger partial charge in [-0.05, 0) is 6.42 Å². The van der Waals surface area contributed by atoms with Crippen molar-refractivity contribution < 1.29 is 4.79 Å². The number of carbonyl (C=O) groups excluding carboxylic acids is 1. The van der Waals surface area contributed by atoms with E-state index in [-0.39, 0.29) is 11.9 Å². The van der Waals surface area contributed by atoms with E-state index in [4.69, 9.17) is 5.73 Å². The van der Waals surface area contributed by atoms with E-state index in [9.17, 15) is 4.79 Å². The van der Waals surface area contributed by atoms with Crippen LogP contribution in [0, 0.1) is 0 Å². The lowest BCUT2D eigenvalue weighted by Gasteiger charge is -2.10. The summed E-state index contributed by atoms with van der Waals surface area (Å²) >= 11 is 0. The van der Waals surface area contributed by atoms with Crippen LogP contribution in [0.3, 0.4) is 0 Å². The number of amides is 1. The van der Waals surface area contributed by atoms with Crippen LogP contribution < -0.4 is 11.1 Å². The third-order valence-corrected chi connectivity index (χ3v) is 3.07. The summed E-state index contributed by atoms with van der Waals surface area (Å²) in [6.45, 7) is 2.05. The zero-order chi connectivity index (χ0) is 15.1. The fourth-order valence-electron chi connectivity index (χ4n) is 2.05. The zero-order valence-corrected chi connectivity index (χ0v) is 12.1. The van der Waals surface area contributed by atoms with E-state index in [1.807, 2.05) is 37.3 Å². The molecule has 5 nitrogen and oxygen atoms in total. The number of rotatable bonds is 6. The minimum atomic E-state index is -0.105. The van der Waals surface area contributed by atoms with Gasteiger partial charge in [-0.2, -0.15) is 0 Å². The minimum Gasteiger partial charge on any atom is -0.327 e. The monoisotopic (exact) mass is 284 g/mol. The van der Waals surface area contributed by atoms with Gasteiger partial charge in [-0.1, -0.05) is 43.7 Å². The number of hydrogen-bond acceptors (Lipinski definition) is 4. The molecule has 1 amide bonds. The highest BCUT2D eigenvalue weighted by atomic mass is 16.1. The minimum absolute atomic E-state index is 0.0977. The Balaban J connectivity index is 1.95. The van der Waals surface area contributed by atoms with Crippen molar-refractivity contribution in [3.63, 3.8) is 0 Å². The van der Waals surface area contributed by atoms with Gasteiger partial charge in [-0.3, -0.25) is 4.79 Å². The van der Waals surface area contributed by atoms with E-state index in [2.05, 4.69) is 15.3 Å². The first-order chi connectivity index (χ1) is 10.2. The second kappa shape index (κ2) is 7.50. The van der Waals surface area contributed by atoms with E-state index in [1.165, 1.54) is 0 Å². The van der Waals surface area contributed by atoms with E-state index in [0.29, 0.717) is 17.9 Å². The Hall–Kier alpha value is -2.27. The lowest BCUT2D eigenvalue weighted by atomic mass is 10.1. The van der Waals surface area contributed by atoms with Crippen LogP contribution in [-0.2, 0) is 4.79 Å². The van der Waals surface area contributed by atoms with Crippen molar-refractivity contribution in [2.45, 2.75) is 32.2 Å². The van der Waals surface area contributed by atoms with Gasteiger partial charge in [0.1, 0.15) is 0 Å². The molecule has 2 aromatic rings. The quantitative estimate of drug-likeness (QED) is 0.854. The van der Waals surface area contributed by atoms with E-state index >= 15 is 0 Å². The Labute approximate surface area is 124 Å². The first-order valence-electron chi connectivity index (χ1n) is 7.12. The Bertz CT molecular complexity index is 569. The van der Waals surface area contributed by atoms with E-state index in [1.54, 1.807) is 12.4 Å². The molecule has 1 atom stereocenters. The molecule has 0 fully saturated rings. The molecule has 2 rings (SSSR count). The molecule has 0 aliphatic heterocycles. The van der Waals surface area contributed by atoms with Crippen LogP contribution in [0.2, 0.25) is 0 Å². The fraction of sp³-hybridized carbons (Fsp3) is 0.312. The molecule has 1 aromatic heterocycles. The molecule has 0 saturated heterocycles. The molecule has 1 aromatic carbocycles. The summed E-state index contributed by atoms with van der Waals surface area (Å²) in [7, 11) is 0.